The first-order valence-corrected chi connectivity index (χ1v) is 11.8. The molecule has 2 nitrogen and oxygen atoms in total. The van der Waals surface area contributed by atoms with E-state index in [1.807, 2.05) is 0 Å². The minimum Gasteiger partial charge on any atom is -0.316 e. The van der Waals surface area contributed by atoms with E-state index < -0.39 is 29.9 Å². The van der Waals surface area contributed by atoms with Crippen LogP contribution in [0.4, 0.5) is 17.6 Å². The summed E-state index contributed by atoms with van der Waals surface area (Å²) in [7, 11) is 0. The van der Waals surface area contributed by atoms with Crippen molar-refractivity contribution < 1.29 is 22.3 Å². The monoisotopic (exact) mass is 461 g/mol. The van der Waals surface area contributed by atoms with Gasteiger partial charge in [-0.1, -0.05) is 56.9 Å². The fourth-order valence-corrected chi connectivity index (χ4v) is 4.67. The predicted molar refractivity (Wildman–Crippen MR) is 120 cm³/mol. The SMILES string of the molecule is CCCCC[C@H]1CC[C@H](c2ccc(C(F)(F)OCCc3cc(F)c(C#N)c(F)c3)cc2)CC1. The Hall–Kier alpha value is -2.39. The first kappa shape index (κ1) is 25.2. The third-order valence-electron chi connectivity index (χ3n) is 6.67. The lowest BCUT2D eigenvalue weighted by Gasteiger charge is -2.29. The van der Waals surface area contributed by atoms with Crippen molar-refractivity contribution in [2.24, 2.45) is 5.92 Å². The highest BCUT2D eigenvalue weighted by Crippen LogP contribution is 2.39. The van der Waals surface area contributed by atoms with Crippen LogP contribution < -0.4 is 0 Å². The molecule has 2 aromatic rings. The largest absolute Gasteiger partial charge is 0.383 e. The Morgan fingerprint density at radius 1 is 1.00 bits per heavy atom. The van der Waals surface area contributed by atoms with Gasteiger partial charge in [0.15, 0.2) is 0 Å². The quantitative estimate of drug-likeness (QED) is 0.265. The maximum absolute atomic E-state index is 14.5. The zero-order valence-electron chi connectivity index (χ0n) is 19.1. The number of rotatable bonds is 10. The maximum Gasteiger partial charge on any atom is 0.383 e. The molecule has 33 heavy (non-hydrogen) atoms. The van der Waals surface area contributed by atoms with Gasteiger partial charge in [0.1, 0.15) is 23.3 Å². The average Bonchev–Trinajstić information content (AvgIpc) is 2.80. The van der Waals surface area contributed by atoms with Gasteiger partial charge >= 0.3 is 6.11 Å². The third kappa shape index (κ3) is 6.80. The van der Waals surface area contributed by atoms with Gasteiger partial charge in [0.25, 0.3) is 0 Å². The highest BCUT2D eigenvalue weighted by molar-refractivity contribution is 5.35. The zero-order valence-corrected chi connectivity index (χ0v) is 19.1. The van der Waals surface area contributed by atoms with Gasteiger partial charge in [0.2, 0.25) is 0 Å². The van der Waals surface area contributed by atoms with Crippen LogP contribution in [0.1, 0.15) is 86.5 Å². The molecule has 0 atom stereocenters. The number of benzene rings is 2. The van der Waals surface area contributed by atoms with Crippen LogP contribution in [0.5, 0.6) is 0 Å². The Kier molecular flexibility index (Phi) is 8.91. The summed E-state index contributed by atoms with van der Waals surface area (Å²) < 4.78 is 61.1. The number of hydrogen-bond acceptors (Lipinski definition) is 2. The molecule has 0 spiro atoms. The van der Waals surface area contributed by atoms with Gasteiger partial charge in [0.05, 0.1) is 12.2 Å². The lowest BCUT2D eigenvalue weighted by molar-refractivity contribution is -0.248. The number of hydrogen-bond donors (Lipinski definition) is 0. The molecule has 1 aliphatic carbocycles. The standard InChI is InChI=1S/C27H31F4NO/c1-2-3-4-5-19-6-8-21(9-7-19)22-10-12-23(13-11-22)27(30,31)33-15-14-20-16-25(28)24(18-32)26(29)17-20/h10-13,16-17,19,21H,2-9,14-15H2,1H3/t19-,21-. The number of nitriles is 1. The molecule has 6 heteroatoms. The molecule has 0 heterocycles. The molecule has 1 saturated carbocycles. The summed E-state index contributed by atoms with van der Waals surface area (Å²) in [6.07, 6.45) is 6.12. The second-order valence-electron chi connectivity index (χ2n) is 9.00. The molecular weight excluding hydrogens is 430 g/mol. The number of alkyl halides is 2. The predicted octanol–water partition coefficient (Wildman–Crippen LogP) is 8.00. The van der Waals surface area contributed by atoms with E-state index in [1.165, 1.54) is 56.7 Å². The highest BCUT2D eigenvalue weighted by Gasteiger charge is 2.33. The van der Waals surface area contributed by atoms with Crippen molar-refractivity contribution in [1.29, 1.82) is 5.26 Å². The number of unbranched alkanes of at least 4 members (excludes halogenated alkanes) is 2. The van der Waals surface area contributed by atoms with Crippen molar-refractivity contribution >= 4 is 0 Å². The molecular formula is C27H31F4NO. The second kappa shape index (κ2) is 11.7. The van der Waals surface area contributed by atoms with Gasteiger partial charge in [0, 0.05) is 0 Å². The van der Waals surface area contributed by atoms with E-state index in [2.05, 4.69) is 6.92 Å². The number of ether oxygens (including phenoxy) is 1. The summed E-state index contributed by atoms with van der Waals surface area (Å²) in [5.74, 6) is -0.810. The van der Waals surface area contributed by atoms with Gasteiger partial charge in [-0.25, -0.2) is 8.78 Å². The van der Waals surface area contributed by atoms with Crippen LogP contribution in [-0.4, -0.2) is 6.61 Å². The molecule has 0 saturated heterocycles. The summed E-state index contributed by atoms with van der Waals surface area (Å²) in [6.45, 7) is 1.80. The van der Waals surface area contributed by atoms with Crippen LogP contribution in [0.15, 0.2) is 36.4 Å². The molecule has 2 aromatic carbocycles. The molecule has 1 aliphatic rings. The Balaban J connectivity index is 1.51. The van der Waals surface area contributed by atoms with E-state index in [4.69, 9.17) is 10.00 Å². The maximum atomic E-state index is 14.5. The molecule has 0 unspecified atom stereocenters. The van der Waals surface area contributed by atoms with Crippen LogP contribution in [0.3, 0.4) is 0 Å². The van der Waals surface area contributed by atoms with Crippen LogP contribution >= 0.6 is 0 Å². The van der Waals surface area contributed by atoms with Crippen LogP contribution in [0.25, 0.3) is 0 Å². The molecule has 0 aliphatic heterocycles. The molecule has 0 bridgehead atoms. The van der Waals surface area contributed by atoms with Crippen molar-refractivity contribution in [2.75, 3.05) is 6.61 Å². The minimum atomic E-state index is -3.50. The average molecular weight is 462 g/mol. The minimum absolute atomic E-state index is 0.102. The molecule has 1 fully saturated rings. The van der Waals surface area contributed by atoms with E-state index in [-0.39, 0.29) is 17.5 Å². The zero-order chi connectivity index (χ0) is 23.8. The van der Waals surface area contributed by atoms with E-state index in [0.29, 0.717) is 5.92 Å². The van der Waals surface area contributed by atoms with Gasteiger partial charge < -0.3 is 4.74 Å². The Morgan fingerprint density at radius 3 is 2.21 bits per heavy atom. The topological polar surface area (TPSA) is 33.0 Å². The number of nitrogens with zero attached hydrogens (tertiary/aromatic N) is 1. The van der Waals surface area contributed by atoms with Gasteiger partial charge in [-0.3, -0.25) is 0 Å². The van der Waals surface area contributed by atoms with E-state index in [1.54, 1.807) is 12.1 Å². The molecule has 3 rings (SSSR count). The highest BCUT2D eigenvalue weighted by atomic mass is 19.3. The number of halogens is 4. The summed E-state index contributed by atoms with van der Waals surface area (Å²) in [4.78, 5) is 0. The smallest absolute Gasteiger partial charge is 0.316 e. The van der Waals surface area contributed by atoms with Crippen LogP contribution in [-0.2, 0) is 17.3 Å². The van der Waals surface area contributed by atoms with Gasteiger partial charge in [-0.2, -0.15) is 14.0 Å². The Morgan fingerprint density at radius 2 is 1.64 bits per heavy atom. The summed E-state index contributed by atoms with van der Waals surface area (Å²) >= 11 is 0. The molecule has 0 N–H and O–H groups in total. The van der Waals surface area contributed by atoms with E-state index in [9.17, 15) is 17.6 Å². The summed E-state index contributed by atoms with van der Waals surface area (Å²) in [5, 5.41) is 8.70. The lowest BCUT2D eigenvalue weighted by atomic mass is 9.77. The Labute approximate surface area is 193 Å². The van der Waals surface area contributed by atoms with Crippen molar-refractivity contribution in [3.8, 4) is 6.07 Å². The van der Waals surface area contributed by atoms with E-state index in [0.717, 1.165) is 36.5 Å². The van der Waals surface area contributed by atoms with Gasteiger partial charge in [-0.15, -0.1) is 0 Å². The first-order chi connectivity index (χ1) is 15.8. The van der Waals surface area contributed by atoms with Crippen molar-refractivity contribution in [1.82, 2.24) is 0 Å². The van der Waals surface area contributed by atoms with Crippen LogP contribution in [0.2, 0.25) is 0 Å². The van der Waals surface area contributed by atoms with Crippen molar-refractivity contribution in [3.05, 3.63) is 70.3 Å². The second-order valence-corrected chi connectivity index (χ2v) is 9.00. The fraction of sp³-hybridized carbons (Fsp3) is 0.519. The normalized spacial score (nSPS) is 18.8. The molecule has 0 radical (unpaired) electrons. The van der Waals surface area contributed by atoms with Gasteiger partial charge in [-0.05, 0) is 67.2 Å². The first-order valence-electron chi connectivity index (χ1n) is 11.8. The summed E-state index contributed by atoms with van der Waals surface area (Å²) in [6, 6.07) is 9.71. The van der Waals surface area contributed by atoms with Crippen molar-refractivity contribution in [3.63, 3.8) is 0 Å². The summed E-state index contributed by atoms with van der Waals surface area (Å²) in [5.41, 5.74) is 0.317. The van der Waals surface area contributed by atoms with Crippen LogP contribution in [0, 0.1) is 28.9 Å². The molecule has 0 amide bonds. The van der Waals surface area contributed by atoms with E-state index >= 15 is 0 Å². The lowest BCUT2D eigenvalue weighted by Crippen LogP contribution is -2.20. The fourth-order valence-electron chi connectivity index (χ4n) is 4.67. The molecule has 178 valence electrons. The Bertz CT molecular complexity index is 921. The van der Waals surface area contributed by atoms with Crippen molar-refractivity contribution in [2.45, 2.75) is 76.7 Å². The third-order valence-corrected chi connectivity index (χ3v) is 6.67. The molecule has 0 aromatic heterocycles.